The SMILES string of the molecule is CCCCc1ccc(C(=O)Nc2n[nH]c(C)c2C#N)cc1. The molecule has 2 aromatic rings. The molecule has 5 nitrogen and oxygen atoms in total. The lowest BCUT2D eigenvalue weighted by Crippen LogP contribution is -2.13. The fraction of sp³-hybridized carbons (Fsp3) is 0.312. The maximum absolute atomic E-state index is 12.1. The van der Waals surface area contributed by atoms with Gasteiger partial charge in [0.15, 0.2) is 5.82 Å². The monoisotopic (exact) mass is 282 g/mol. The van der Waals surface area contributed by atoms with Crippen molar-refractivity contribution in [3.63, 3.8) is 0 Å². The molecule has 5 heteroatoms. The molecule has 0 saturated heterocycles. The topological polar surface area (TPSA) is 81.6 Å². The number of rotatable bonds is 5. The van der Waals surface area contributed by atoms with Crippen LogP contribution in [0.1, 0.15) is 46.9 Å². The number of aromatic amines is 1. The molecule has 2 rings (SSSR count). The normalized spacial score (nSPS) is 10.1. The third-order valence-corrected chi connectivity index (χ3v) is 3.33. The van der Waals surface area contributed by atoms with Crippen molar-refractivity contribution < 1.29 is 4.79 Å². The molecule has 1 heterocycles. The summed E-state index contributed by atoms with van der Waals surface area (Å²) >= 11 is 0. The number of nitriles is 1. The zero-order chi connectivity index (χ0) is 15.2. The highest BCUT2D eigenvalue weighted by molar-refractivity contribution is 6.04. The Labute approximate surface area is 124 Å². The number of benzene rings is 1. The Bertz CT molecular complexity index is 665. The molecule has 0 aliphatic carbocycles. The molecule has 0 spiro atoms. The summed E-state index contributed by atoms with van der Waals surface area (Å²) in [4.78, 5) is 12.1. The Morgan fingerprint density at radius 3 is 2.71 bits per heavy atom. The second kappa shape index (κ2) is 6.71. The molecule has 21 heavy (non-hydrogen) atoms. The van der Waals surface area contributed by atoms with Crippen molar-refractivity contribution in [2.24, 2.45) is 0 Å². The molecule has 2 N–H and O–H groups in total. The second-order valence-electron chi connectivity index (χ2n) is 4.94. The van der Waals surface area contributed by atoms with E-state index in [0.717, 1.165) is 19.3 Å². The van der Waals surface area contributed by atoms with Gasteiger partial charge in [-0.25, -0.2) is 0 Å². The summed E-state index contributed by atoms with van der Waals surface area (Å²) in [7, 11) is 0. The van der Waals surface area contributed by atoms with Gasteiger partial charge in [0.05, 0.1) is 5.69 Å². The summed E-state index contributed by atoms with van der Waals surface area (Å²) < 4.78 is 0. The van der Waals surface area contributed by atoms with Crippen LogP contribution in [-0.4, -0.2) is 16.1 Å². The molecule has 0 atom stereocenters. The molecular formula is C16H18N4O. The first-order chi connectivity index (χ1) is 10.2. The number of aryl methyl sites for hydroxylation is 2. The summed E-state index contributed by atoms with van der Waals surface area (Å²) in [5, 5.41) is 18.3. The van der Waals surface area contributed by atoms with E-state index in [-0.39, 0.29) is 11.7 Å². The molecule has 0 radical (unpaired) electrons. The molecule has 0 saturated carbocycles. The Balaban J connectivity index is 2.08. The molecule has 0 fully saturated rings. The van der Waals surface area contributed by atoms with Crippen molar-refractivity contribution in [1.82, 2.24) is 10.2 Å². The molecule has 1 aromatic heterocycles. The number of nitrogens with one attached hydrogen (secondary N) is 2. The van der Waals surface area contributed by atoms with Crippen LogP contribution in [0.5, 0.6) is 0 Å². The summed E-state index contributed by atoms with van der Waals surface area (Å²) in [5.41, 5.74) is 2.78. The van der Waals surface area contributed by atoms with Crippen molar-refractivity contribution in [2.45, 2.75) is 33.1 Å². The molecule has 0 bridgehead atoms. The Kier molecular flexibility index (Phi) is 4.72. The zero-order valence-corrected chi connectivity index (χ0v) is 12.2. The van der Waals surface area contributed by atoms with Gasteiger partial charge in [-0.15, -0.1) is 0 Å². The van der Waals surface area contributed by atoms with Gasteiger partial charge in [-0.2, -0.15) is 10.4 Å². The number of nitrogens with zero attached hydrogens (tertiary/aromatic N) is 2. The lowest BCUT2D eigenvalue weighted by atomic mass is 10.1. The molecule has 1 aromatic carbocycles. The van der Waals surface area contributed by atoms with Crippen LogP contribution in [0.25, 0.3) is 0 Å². The number of anilines is 1. The maximum atomic E-state index is 12.1. The number of carbonyl (C=O) groups is 1. The van der Waals surface area contributed by atoms with Crippen LogP contribution >= 0.6 is 0 Å². The van der Waals surface area contributed by atoms with Gasteiger partial charge >= 0.3 is 0 Å². The number of aromatic nitrogens is 2. The summed E-state index contributed by atoms with van der Waals surface area (Å²) in [6, 6.07) is 9.55. The largest absolute Gasteiger partial charge is 0.304 e. The van der Waals surface area contributed by atoms with Crippen LogP contribution in [0.3, 0.4) is 0 Å². The van der Waals surface area contributed by atoms with E-state index in [4.69, 9.17) is 5.26 Å². The fourth-order valence-corrected chi connectivity index (χ4v) is 2.04. The third-order valence-electron chi connectivity index (χ3n) is 3.33. The van der Waals surface area contributed by atoms with E-state index in [0.29, 0.717) is 16.8 Å². The molecule has 0 unspecified atom stereocenters. The Hall–Kier alpha value is -2.61. The zero-order valence-electron chi connectivity index (χ0n) is 12.2. The highest BCUT2D eigenvalue weighted by atomic mass is 16.1. The van der Waals surface area contributed by atoms with Crippen LogP contribution in [0.2, 0.25) is 0 Å². The van der Waals surface area contributed by atoms with E-state index >= 15 is 0 Å². The first-order valence-electron chi connectivity index (χ1n) is 7.01. The van der Waals surface area contributed by atoms with Crippen LogP contribution in [-0.2, 0) is 6.42 Å². The predicted octanol–water partition coefficient (Wildman–Crippen LogP) is 3.18. The standard InChI is InChI=1S/C16H18N4O/c1-3-4-5-12-6-8-13(9-7-12)16(21)18-15-14(10-17)11(2)19-20-15/h6-9H,3-5H2,1-2H3,(H2,18,19,20,21). The smallest absolute Gasteiger partial charge is 0.256 e. The second-order valence-corrected chi connectivity index (χ2v) is 4.94. The molecule has 108 valence electrons. The van der Waals surface area contributed by atoms with Gasteiger partial charge < -0.3 is 5.32 Å². The number of amides is 1. The number of H-pyrrole nitrogens is 1. The number of hydrogen-bond donors (Lipinski definition) is 2. The average molecular weight is 282 g/mol. The number of carbonyl (C=O) groups excluding carboxylic acids is 1. The third kappa shape index (κ3) is 3.48. The average Bonchev–Trinajstić information content (AvgIpc) is 2.85. The first kappa shape index (κ1) is 14.8. The van der Waals surface area contributed by atoms with E-state index in [2.05, 4.69) is 22.4 Å². The minimum absolute atomic E-state index is 0.264. The van der Waals surface area contributed by atoms with Crippen molar-refractivity contribution >= 4 is 11.7 Å². The first-order valence-corrected chi connectivity index (χ1v) is 7.01. The van der Waals surface area contributed by atoms with E-state index in [1.165, 1.54) is 5.56 Å². The number of hydrogen-bond acceptors (Lipinski definition) is 3. The van der Waals surface area contributed by atoms with Crippen molar-refractivity contribution in [3.8, 4) is 6.07 Å². The van der Waals surface area contributed by atoms with Gasteiger partial charge in [0.1, 0.15) is 11.6 Å². The summed E-state index contributed by atoms with van der Waals surface area (Å²) in [6.07, 6.45) is 3.32. The number of unbranched alkanes of at least 4 members (excludes halogenated alkanes) is 1. The van der Waals surface area contributed by atoms with Crippen molar-refractivity contribution in [2.75, 3.05) is 5.32 Å². The van der Waals surface area contributed by atoms with Crippen LogP contribution in [0, 0.1) is 18.3 Å². The van der Waals surface area contributed by atoms with Gasteiger partial charge in [0.2, 0.25) is 0 Å². The summed E-state index contributed by atoms with van der Waals surface area (Å²) in [5.74, 6) is 0.00935. The highest BCUT2D eigenvalue weighted by Crippen LogP contribution is 2.16. The predicted molar refractivity (Wildman–Crippen MR) is 81.0 cm³/mol. The molecular weight excluding hydrogens is 264 g/mol. The molecule has 0 aliphatic rings. The van der Waals surface area contributed by atoms with E-state index < -0.39 is 0 Å². The van der Waals surface area contributed by atoms with Gasteiger partial charge in [-0.05, 0) is 37.5 Å². The minimum Gasteiger partial charge on any atom is -0.304 e. The van der Waals surface area contributed by atoms with Gasteiger partial charge in [-0.3, -0.25) is 9.89 Å². The van der Waals surface area contributed by atoms with Gasteiger partial charge in [-0.1, -0.05) is 25.5 Å². The molecule has 0 aliphatic heterocycles. The fourth-order valence-electron chi connectivity index (χ4n) is 2.04. The van der Waals surface area contributed by atoms with E-state index in [9.17, 15) is 4.79 Å². The van der Waals surface area contributed by atoms with Gasteiger partial charge in [0.25, 0.3) is 5.91 Å². The lowest BCUT2D eigenvalue weighted by Gasteiger charge is -2.04. The minimum atomic E-state index is -0.264. The lowest BCUT2D eigenvalue weighted by molar-refractivity contribution is 0.102. The highest BCUT2D eigenvalue weighted by Gasteiger charge is 2.13. The van der Waals surface area contributed by atoms with E-state index in [1.807, 2.05) is 18.2 Å². The maximum Gasteiger partial charge on any atom is 0.256 e. The Morgan fingerprint density at radius 1 is 1.38 bits per heavy atom. The Morgan fingerprint density at radius 2 is 2.10 bits per heavy atom. The van der Waals surface area contributed by atoms with Crippen molar-refractivity contribution in [1.29, 1.82) is 5.26 Å². The summed E-state index contributed by atoms with van der Waals surface area (Å²) in [6.45, 7) is 3.89. The van der Waals surface area contributed by atoms with Crippen LogP contribution in [0.15, 0.2) is 24.3 Å². The van der Waals surface area contributed by atoms with Crippen molar-refractivity contribution in [3.05, 3.63) is 46.6 Å². The van der Waals surface area contributed by atoms with Gasteiger partial charge in [0, 0.05) is 5.56 Å². The van der Waals surface area contributed by atoms with Crippen LogP contribution in [0.4, 0.5) is 5.82 Å². The quantitative estimate of drug-likeness (QED) is 0.883. The van der Waals surface area contributed by atoms with Crippen LogP contribution < -0.4 is 5.32 Å². The van der Waals surface area contributed by atoms with E-state index in [1.54, 1.807) is 19.1 Å². The molecule has 1 amide bonds.